The molecule has 1 aromatic rings. The quantitative estimate of drug-likeness (QED) is 0.866. The number of ether oxygens (including phenoxy) is 3. The molecule has 21 heavy (non-hydrogen) atoms. The van der Waals surface area contributed by atoms with E-state index in [1.54, 1.807) is 12.1 Å². The minimum atomic E-state index is -0.480. The van der Waals surface area contributed by atoms with Crippen LogP contribution in [-0.2, 0) is 14.3 Å². The summed E-state index contributed by atoms with van der Waals surface area (Å²) in [4.78, 5) is 22.2. The summed E-state index contributed by atoms with van der Waals surface area (Å²) >= 11 is 0. The van der Waals surface area contributed by atoms with Crippen LogP contribution >= 0.6 is 0 Å². The molecular formula is C15H21NO5. The van der Waals surface area contributed by atoms with Gasteiger partial charge in [0, 0.05) is 31.9 Å². The van der Waals surface area contributed by atoms with Gasteiger partial charge in [-0.3, -0.25) is 4.79 Å². The number of benzene rings is 1. The third-order valence-electron chi connectivity index (χ3n) is 2.75. The number of amides is 1. The number of esters is 1. The van der Waals surface area contributed by atoms with E-state index in [4.69, 9.17) is 9.47 Å². The van der Waals surface area contributed by atoms with Crippen LogP contribution in [0.2, 0.25) is 0 Å². The Hall–Kier alpha value is -2.08. The number of nitrogens with one attached hydrogen (secondary N) is 1. The Labute approximate surface area is 124 Å². The average molecular weight is 295 g/mol. The van der Waals surface area contributed by atoms with Crippen molar-refractivity contribution in [3.05, 3.63) is 23.8 Å². The molecule has 0 radical (unpaired) electrons. The van der Waals surface area contributed by atoms with Gasteiger partial charge in [-0.15, -0.1) is 0 Å². The van der Waals surface area contributed by atoms with Crippen LogP contribution in [-0.4, -0.2) is 39.3 Å². The molecule has 1 aliphatic heterocycles. The first-order chi connectivity index (χ1) is 10.1. The molecule has 0 aliphatic carbocycles. The predicted octanol–water partition coefficient (Wildman–Crippen LogP) is 2.24. The Morgan fingerprint density at radius 1 is 1.19 bits per heavy atom. The number of hydrogen-bond acceptors (Lipinski definition) is 5. The lowest BCUT2D eigenvalue weighted by molar-refractivity contribution is -0.114. The van der Waals surface area contributed by atoms with Crippen molar-refractivity contribution in [2.24, 2.45) is 0 Å². The number of hydrogen-bond donors (Lipinski definition) is 1. The summed E-state index contributed by atoms with van der Waals surface area (Å²) in [5.41, 5.74) is 0.885. The molecule has 1 amide bonds. The van der Waals surface area contributed by atoms with Gasteiger partial charge < -0.3 is 19.5 Å². The topological polar surface area (TPSA) is 73.9 Å². The Morgan fingerprint density at radius 2 is 1.86 bits per heavy atom. The van der Waals surface area contributed by atoms with Gasteiger partial charge in [-0.05, 0) is 25.0 Å². The van der Waals surface area contributed by atoms with Crippen molar-refractivity contribution in [2.75, 3.05) is 32.8 Å². The van der Waals surface area contributed by atoms with Crippen molar-refractivity contribution in [1.29, 1.82) is 0 Å². The summed E-state index contributed by atoms with van der Waals surface area (Å²) in [6, 6.07) is 4.71. The van der Waals surface area contributed by atoms with E-state index in [0.717, 1.165) is 13.2 Å². The van der Waals surface area contributed by atoms with E-state index in [-0.39, 0.29) is 5.91 Å². The maximum Gasteiger partial charge on any atom is 0.341 e. The largest absolute Gasteiger partial charge is 0.496 e. The molecule has 0 saturated carbocycles. The van der Waals surface area contributed by atoms with E-state index < -0.39 is 5.97 Å². The summed E-state index contributed by atoms with van der Waals surface area (Å²) in [6.07, 6.45) is 2.56. The van der Waals surface area contributed by atoms with Crippen LogP contribution in [0.3, 0.4) is 0 Å². The first-order valence-corrected chi connectivity index (χ1v) is 6.70. The number of carbonyl (C=O) groups excluding carboxylic acids is 2. The summed E-state index contributed by atoms with van der Waals surface area (Å²) in [5, 5.41) is 2.59. The van der Waals surface area contributed by atoms with E-state index in [1.807, 2.05) is 0 Å². The second-order valence-corrected chi connectivity index (χ2v) is 4.41. The van der Waals surface area contributed by atoms with Gasteiger partial charge in [-0.2, -0.15) is 0 Å². The van der Waals surface area contributed by atoms with Crippen molar-refractivity contribution in [3.8, 4) is 5.75 Å². The third kappa shape index (κ3) is 5.83. The molecule has 116 valence electrons. The van der Waals surface area contributed by atoms with Crippen LogP contribution in [0, 0.1) is 0 Å². The van der Waals surface area contributed by atoms with Gasteiger partial charge in [0.1, 0.15) is 11.3 Å². The predicted molar refractivity (Wildman–Crippen MR) is 78.7 cm³/mol. The van der Waals surface area contributed by atoms with Crippen molar-refractivity contribution in [3.63, 3.8) is 0 Å². The molecular weight excluding hydrogens is 274 g/mol. The molecule has 1 fully saturated rings. The highest BCUT2D eigenvalue weighted by atomic mass is 16.5. The van der Waals surface area contributed by atoms with E-state index >= 15 is 0 Å². The zero-order chi connectivity index (χ0) is 15.7. The normalized spacial score (nSPS) is 12.9. The first kappa shape index (κ1) is 17.0. The number of carbonyl (C=O) groups is 2. The summed E-state index contributed by atoms with van der Waals surface area (Å²) in [6.45, 7) is 3.40. The van der Waals surface area contributed by atoms with Crippen LogP contribution in [0.4, 0.5) is 5.69 Å². The van der Waals surface area contributed by atoms with Crippen LogP contribution in [0.5, 0.6) is 5.75 Å². The van der Waals surface area contributed by atoms with Crippen LogP contribution < -0.4 is 10.1 Å². The Morgan fingerprint density at radius 3 is 2.29 bits per heavy atom. The molecule has 1 N–H and O–H groups in total. The highest BCUT2D eigenvalue weighted by molar-refractivity contribution is 5.94. The fraction of sp³-hybridized carbons (Fsp3) is 0.467. The van der Waals surface area contributed by atoms with Crippen molar-refractivity contribution in [2.45, 2.75) is 19.8 Å². The molecule has 6 heteroatoms. The van der Waals surface area contributed by atoms with Crippen molar-refractivity contribution in [1.82, 2.24) is 0 Å². The molecule has 0 atom stereocenters. The second kappa shape index (κ2) is 8.97. The third-order valence-corrected chi connectivity index (χ3v) is 2.75. The fourth-order valence-electron chi connectivity index (χ4n) is 1.76. The lowest BCUT2D eigenvalue weighted by atomic mass is 10.2. The maximum absolute atomic E-state index is 11.3. The summed E-state index contributed by atoms with van der Waals surface area (Å²) in [5.74, 6) is -0.308. The fourth-order valence-corrected chi connectivity index (χ4v) is 1.76. The highest BCUT2D eigenvalue weighted by Crippen LogP contribution is 2.23. The molecule has 1 saturated heterocycles. The van der Waals surface area contributed by atoms with Crippen LogP contribution in [0.25, 0.3) is 0 Å². The minimum absolute atomic E-state index is 0.187. The molecule has 1 heterocycles. The van der Waals surface area contributed by atoms with Gasteiger partial charge in [0.15, 0.2) is 0 Å². The molecule has 6 nitrogen and oxygen atoms in total. The average Bonchev–Trinajstić information content (AvgIpc) is 3.05. The van der Waals surface area contributed by atoms with Gasteiger partial charge in [0.25, 0.3) is 0 Å². The highest BCUT2D eigenvalue weighted by Gasteiger charge is 2.13. The lowest BCUT2D eigenvalue weighted by Crippen LogP contribution is -2.08. The lowest BCUT2D eigenvalue weighted by Gasteiger charge is -2.09. The number of anilines is 1. The minimum Gasteiger partial charge on any atom is -0.496 e. The molecule has 0 unspecified atom stereocenters. The van der Waals surface area contributed by atoms with E-state index in [2.05, 4.69) is 10.1 Å². The Bertz CT molecular complexity index is 475. The van der Waals surface area contributed by atoms with Crippen molar-refractivity contribution < 1.29 is 23.8 Å². The standard InChI is InChI=1S/C11H13NO4.C4H8O/c1-7(13)12-8-4-5-9(11(14)16-3)10(6-8)15-2;1-2-4-5-3-1/h4-6H,1-3H3,(H,12,13);1-4H2. The van der Waals surface area contributed by atoms with Crippen molar-refractivity contribution >= 4 is 17.6 Å². The summed E-state index contributed by atoms with van der Waals surface area (Å²) < 4.78 is 14.6. The Balaban J connectivity index is 0.000000369. The number of methoxy groups -OCH3 is 2. The van der Waals surface area contributed by atoms with Gasteiger partial charge in [0.2, 0.25) is 5.91 Å². The van der Waals surface area contributed by atoms with E-state index in [0.29, 0.717) is 17.0 Å². The van der Waals surface area contributed by atoms with Gasteiger partial charge in [-0.25, -0.2) is 4.79 Å². The van der Waals surface area contributed by atoms with Crippen LogP contribution in [0.1, 0.15) is 30.1 Å². The maximum atomic E-state index is 11.3. The molecule has 0 spiro atoms. The molecule has 1 aliphatic rings. The zero-order valence-corrected chi connectivity index (χ0v) is 12.6. The molecule has 1 aromatic carbocycles. The number of rotatable bonds is 3. The van der Waals surface area contributed by atoms with E-state index in [9.17, 15) is 9.59 Å². The second-order valence-electron chi connectivity index (χ2n) is 4.41. The van der Waals surface area contributed by atoms with Gasteiger partial charge in [0.05, 0.1) is 14.2 Å². The van der Waals surface area contributed by atoms with E-state index in [1.165, 1.54) is 40.1 Å². The monoisotopic (exact) mass is 295 g/mol. The first-order valence-electron chi connectivity index (χ1n) is 6.70. The smallest absolute Gasteiger partial charge is 0.341 e. The summed E-state index contributed by atoms with van der Waals surface area (Å²) in [7, 11) is 2.74. The SMILES string of the molecule is C1CCOC1.COC(=O)c1ccc(NC(C)=O)cc1OC. The molecule has 2 rings (SSSR count). The molecule has 0 bridgehead atoms. The van der Waals surface area contributed by atoms with Gasteiger partial charge >= 0.3 is 5.97 Å². The van der Waals surface area contributed by atoms with Gasteiger partial charge in [-0.1, -0.05) is 0 Å². The van der Waals surface area contributed by atoms with Crippen LogP contribution in [0.15, 0.2) is 18.2 Å². The Kier molecular flexibility index (Phi) is 7.25. The zero-order valence-electron chi connectivity index (χ0n) is 12.6. The molecule has 0 aromatic heterocycles.